The quantitative estimate of drug-likeness (QED) is 0.589. The Hall–Kier alpha value is -1.32. The van der Waals surface area contributed by atoms with Crippen LogP contribution in [0.25, 0.3) is 0 Å². The summed E-state index contributed by atoms with van der Waals surface area (Å²) in [6.07, 6.45) is 9.55. The average molecular weight is 294 g/mol. The predicted octanol–water partition coefficient (Wildman–Crippen LogP) is 3.40. The van der Waals surface area contributed by atoms with Crippen LogP contribution in [0, 0.1) is 11.8 Å². The fourth-order valence-electron chi connectivity index (χ4n) is 3.82. The van der Waals surface area contributed by atoms with Gasteiger partial charge in [0.25, 0.3) is 0 Å². The predicted molar refractivity (Wildman–Crippen MR) is 79.6 cm³/mol. The van der Waals surface area contributed by atoms with Crippen molar-refractivity contribution in [3.05, 3.63) is 11.1 Å². The summed E-state index contributed by atoms with van der Waals surface area (Å²) < 4.78 is 9.98. The van der Waals surface area contributed by atoms with Crippen LogP contribution in [-0.4, -0.2) is 26.2 Å². The molecule has 4 heteroatoms. The largest absolute Gasteiger partial charge is 0.466 e. The van der Waals surface area contributed by atoms with E-state index in [2.05, 4.69) is 0 Å². The lowest BCUT2D eigenvalue weighted by Gasteiger charge is -2.26. The third-order valence-corrected chi connectivity index (χ3v) is 4.88. The monoisotopic (exact) mass is 294 g/mol. The first-order valence-corrected chi connectivity index (χ1v) is 8.09. The molecule has 0 aliphatic heterocycles. The molecule has 0 N–H and O–H groups in total. The van der Waals surface area contributed by atoms with Crippen LogP contribution in [0.4, 0.5) is 0 Å². The van der Waals surface area contributed by atoms with Crippen LogP contribution in [-0.2, 0) is 19.1 Å². The number of ether oxygens (including phenoxy) is 2. The van der Waals surface area contributed by atoms with Crippen molar-refractivity contribution in [2.75, 3.05) is 14.2 Å². The summed E-state index contributed by atoms with van der Waals surface area (Å²) in [5.74, 6) is -0.364. The molecule has 0 heterocycles. The van der Waals surface area contributed by atoms with Gasteiger partial charge in [0, 0.05) is 0 Å². The molecule has 0 atom stereocenters. The Kier molecular flexibility index (Phi) is 5.83. The first-order chi connectivity index (χ1) is 10.2. The Balaban J connectivity index is 2.42. The number of hydrogen-bond acceptors (Lipinski definition) is 4. The third kappa shape index (κ3) is 3.66. The van der Waals surface area contributed by atoms with E-state index in [0.29, 0.717) is 11.1 Å². The Morgan fingerprint density at radius 2 is 1.00 bits per heavy atom. The van der Waals surface area contributed by atoms with Crippen molar-refractivity contribution in [2.24, 2.45) is 11.8 Å². The van der Waals surface area contributed by atoms with Gasteiger partial charge in [-0.25, -0.2) is 9.59 Å². The average Bonchev–Trinajstić information content (AvgIpc) is 3.05. The maximum atomic E-state index is 12.3. The van der Waals surface area contributed by atoms with Crippen LogP contribution in [0.1, 0.15) is 57.8 Å². The van der Waals surface area contributed by atoms with E-state index < -0.39 is 0 Å². The molecule has 2 saturated carbocycles. The van der Waals surface area contributed by atoms with Gasteiger partial charge in [0.05, 0.1) is 25.4 Å². The SMILES string of the molecule is COC(=O)/C(=C(\C(=O)OC)C1CCCC1)C1CCCCC1. The molecule has 2 aliphatic carbocycles. The minimum atomic E-state index is -0.340. The Morgan fingerprint density at radius 1 is 0.667 bits per heavy atom. The second-order valence-corrected chi connectivity index (χ2v) is 6.13. The molecule has 2 fully saturated rings. The molecule has 21 heavy (non-hydrogen) atoms. The molecule has 118 valence electrons. The molecular weight excluding hydrogens is 268 g/mol. The maximum absolute atomic E-state index is 12.3. The van der Waals surface area contributed by atoms with Gasteiger partial charge in [-0.05, 0) is 37.5 Å². The normalized spacial score (nSPS) is 21.8. The van der Waals surface area contributed by atoms with Crippen molar-refractivity contribution in [2.45, 2.75) is 57.8 Å². The van der Waals surface area contributed by atoms with Gasteiger partial charge >= 0.3 is 11.9 Å². The van der Waals surface area contributed by atoms with Crippen LogP contribution >= 0.6 is 0 Å². The van der Waals surface area contributed by atoms with E-state index in [0.717, 1.165) is 51.4 Å². The highest BCUT2D eigenvalue weighted by Crippen LogP contribution is 2.39. The van der Waals surface area contributed by atoms with E-state index in [4.69, 9.17) is 9.47 Å². The Labute approximate surface area is 126 Å². The summed E-state index contributed by atoms with van der Waals surface area (Å²) in [5.41, 5.74) is 1.21. The summed E-state index contributed by atoms with van der Waals surface area (Å²) in [6, 6.07) is 0. The molecule has 2 rings (SSSR count). The zero-order valence-corrected chi connectivity index (χ0v) is 13.2. The molecule has 4 nitrogen and oxygen atoms in total. The van der Waals surface area contributed by atoms with Crippen LogP contribution in [0.15, 0.2) is 11.1 Å². The lowest BCUT2D eigenvalue weighted by Crippen LogP contribution is -2.25. The summed E-state index contributed by atoms with van der Waals surface area (Å²) in [7, 11) is 2.79. The van der Waals surface area contributed by atoms with Crippen LogP contribution in [0.3, 0.4) is 0 Å². The zero-order chi connectivity index (χ0) is 15.2. The van der Waals surface area contributed by atoms with E-state index in [1.807, 2.05) is 0 Å². The lowest BCUT2D eigenvalue weighted by molar-refractivity contribution is -0.140. The fourth-order valence-corrected chi connectivity index (χ4v) is 3.82. The molecular formula is C17H26O4. The number of methoxy groups -OCH3 is 2. The van der Waals surface area contributed by atoms with Crippen LogP contribution < -0.4 is 0 Å². The molecule has 0 saturated heterocycles. The molecule has 0 radical (unpaired) electrons. The van der Waals surface area contributed by atoms with E-state index in [1.54, 1.807) is 0 Å². The van der Waals surface area contributed by atoms with E-state index >= 15 is 0 Å². The summed E-state index contributed by atoms with van der Waals surface area (Å²) in [4.78, 5) is 24.7. The smallest absolute Gasteiger partial charge is 0.334 e. The molecule has 0 spiro atoms. The van der Waals surface area contributed by atoms with E-state index in [9.17, 15) is 9.59 Å². The standard InChI is InChI=1S/C17H26O4/c1-20-16(18)14(12-8-4-3-5-9-12)15(17(19)21-2)13-10-6-7-11-13/h12-13H,3-11H2,1-2H3/b15-14-. The van der Waals surface area contributed by atoms with Crippen molar-refractivity contribution < 1.29 is 19.1 Å². The number of hydrogen-bond donors (Lipinski definition) is 0. The zero-order valence-electron chi connectivity index (χ0n) is 13.2. The first kappa shape index (κ1) is 16.1. The van der Waals surface area contributed by atoms with Gasteiger partial charge in [-0.1, -0.05) is 32.1 Å². The lowest BCUT2D eigenvalue weighted by atomic mass is 9.79. The minimum absolute atomic E-state index is 0.154. The van der Waals surface area contributed by atoms with Crippen molar-refractivity contribution >= 4 is 11.9 Å². The van der Waals surface area contributed by atoms with Gasteiger partial charge in [0.1, 0.15) is 0 Å². The number of carbonyl (C=O) groups excluding carboxylic acids is 2. The number of carbonyl (C=O) groups is 2. The number of esters is 2. The fraction of sp³-hybridized carbons (Fsp3) is 0.765. The summed E-state index contributed by atoms with van der Waals surface area (Å²) in [6.45, 7) is 0. The molecule has 0 bridgehead atoms. The van der Waals surface area contributed by atoms with Crippen LogP contribution in [0.5, 0.6) is 0 Å². The van der Waals surface area contributed by atoms with Gasteiger partial charge in [0.2, 0.25) is 0 Å². The summed E-state index contributed by atoms with van der Waals surface area (Å²) in [5, 5.41) is 0. The Bertz CT molecular complexity index is 413. The van der Waals surface area contributed by atoms with E-state index in [-0.39, 0.29) is 23.8 Å². The topological polar surface area (TPSA) is 52.6 Å². The molecule has 0 unspecified atom stereocenters. The highest BCUT2D eigenvalue weighted by atomic mass is 16.5. The summed E-state index contributed by atoms with van der Waals surface area (Å²) >= 11 is 0. The van der Waals surface area contributed by atoms with Crippen LogP contribution in [0.2, 0.25) is 0 Å². The highest BCUT2D eigenvalue weighted by molar-refractivity contribution is 6.01. The van der Waals surface area contributed by atoms with Gasteiger partial charge in [0.15, 0.2) is 0 Å². The Morgan fingerprint density at radius 3 is 1.33 bits per heavy atom. The van der Waals surface area contributed by atoms with Gasteiger partial charge in [-0.2, -0.15) is 0 Å². The highest BCUT2D eigenvalue weighted by Gasteiger charge is 2.35. The minimum Gasteiger partial charge on any atom is -0.466 e. The molecule has 0 amide bonds. The van der Waals surface area contributed by atoms with E-state index in [1.165, 1.54) is 20.6 Å². The second kappa shape index (κ2) is 7.62. The van der Waals surface area contributed by atoms with Crippen molar-refractivity contribution in [3.8, 4) is 0 Å². The molecule has 2 aliphatic rings. The molecule has 0 aromatic heterocycles. The second-order valence-electron chi connectivity index (χ2n) is 6.13. The van der Waals surface area contributed by atoms with Gasteiger partial charge < -0.3 is 9.47 Å². The van der Waals surface area contributed by atoms with Gasteiger partial charge in [-0.3, -0.25) is 0 Å². The van der Waals surface area contributed by atoms with Crippen molar-refractivity contribution in [1.82, 2.24) is 0 Å². The van der Waals surface area contributed by atoms with Crippen molar-refractivity contribution in [1.29, 1.82) is 0 Å². The first-order valence-electron chi connectivity index (χ1n) is 8.09. The number of rotatable bonds is 4. The third-order valence-electron chi connectivity index (χ3n) is 4.88. The van der Waals surface area contributed by atoms with Crippen molar-refractivity contribution in [3.63, 3.8) is 0 Å². The molecule has 0 aromatic carbocycles. The van der Waals surface area contributed by atoms with Gasteiger partial charge in [-0.15, -0.1) is 0 Å². The molecule has 0 aromatic rings. The maximum Gasteiger partial charge on any atom is 0.334 e.